The predicted molar refractivity (Wildman–Crippen MR) is 68.0 cm³/mol. The first-order valence-corrected chi connectivity index (χ1v) is 6.20. The van der Waals surface area contributed by atoms with Crippen LogP contribution in [-0.2, 0) is 16.1 Å². The SMILES string of the molecule is CCN1CC(=O)N(Cc2ccc(C(=O)NN)o2)CC1=O. The molecular formula is C12H16N4O4. The van der Waals surface area contributed by atoms with Gasteiger partial charge in [0.25, 0.3) is 0 Å². The van der Waals surface area contributed by atoms with Gasteiger partial charge in [-0.1, -0.05) is 0 Å². The van der Waals surface area contributed by atoms with Crippen molar-refractivity contribution < 1.29 is 18.8 Å². The lowest BCUT2D eigenvalue weighted by molar-refractivity contribution is -0.150. The van der Waals surface area contributed by atoms with Gasteiger partial charge in [-0.25, -0.2) is 5.84 Å². The summed E-state index contributed by atoms with van der Waals surface area (Å²) in [7, 11) is 0. The quantitative estimate of drug-likeness (QED) is 0.421. The average molecular weight is 280 g/mol. The van der Waals surface area contributed by atoms with Crippen LogP contribution in [0.1, 0.15) is 23.2 Å². The third-order valence-electron chi connectivity index (χ3n) is 3.10. The van der Waals surface area contributed by atoms with Gasteiger partial charge in [0.1, 0.15) is 12.3 Å². The number of nitrogens with two attached hydrogens (primary N) is 1. The summed E-state index contributed by atoms with van der Waals surface area (Å²) >= 11 is 0. The molecule has 20 heavy (non-hydrogen) atoms. The summed E-state index contributed by atoms with van der Waals surface area (Å²) in [6.07, 6.45) is 0. The Morgan fingerprint density at radius 2 is 1.95 bits per heavy atom. The van der Waals surface area contributed by atoms with Crippen LogP contribution in [0, 0.1) is 0 Å². The second kappa shape index (κ2) is 5.74. The van der Waals surface area contributed by atoms with Gasteiger partial charge in [0.2, 0.25) is 11.8 Å². The molecule has 1 fully saturated rings. The normalized spacial score (nSPS) is 15.7. The fourth-order valence-electron chi connectivity index (χ4n) is 1.98. The largest absolute Gasteiger partial charge is 0.454 e. The monoisotopic (exact) mass is 280 g/mol. The van der Waals surface area contributed by atoms with Gasteiger partial charge in [-0.05, 0) is 19.1 Å². The van der Waals surface area contributed by atoms with Gasteiger partial charge >= 0.3 is 5.91 Å². The molecule has 0 bridgehead atoms. The molecule has 1 aliphatic rings. The summed E-state index contributed by atoms with van der Waals surface area (Å²) in [6, 6.07) is 3.04. The first-order chi connectivity index (χ1) is 9.55. The van der Waals surface area contributed by atoms with E-state index in [-0.39, 0.29) is 37.2 Å². The average Bonchev–Trinajstić information content (AvgIpc) is 2.90. The van der Waals surface area contributed by atoms with Gasteiger partial charge in [-0.3, -0.25) is 19.8 Å². The summed E-state index contributed by atoms with van der Waals surface area (Å²) < 4.78 is 5.26. The number of carbonyl (C=O) groups excluding carboxylic acids is 3. The highest BCUT2D eigenvalue weighted by atomic mass is 16.4. The lowest BCUT2D eigenvalue weighted by atomic mass is 10.2. The Kier molecular flexibility index (Phi) is 4.04. The Labute approximate surface area is 115 Å². The standard InChI is InChI=1S/C12H16N4O4/c1-2-15-6-11(18)16(7-10(15)17)5-8-3-4-9(20-8)12(19)14-13/h3-4H,2,5-7,13H2,1H3,(H,14,19). The van der Waals surface area contributed by atoms with Crippen molar-refractivity contribution in [3.8, 4) is 0 Å². The molecule has 1 aliphatic heterocycles. The Bertz CT molecular complexity index is 539. The van der Waals surface area contributed by atoms with E-state index in [1.807, 2.05) is 12.3 Å². The summed E-state index contributed by atoms with van der Waals surface area (Å²) in [6.45, 7) is 2.59. The summed E-state index contributed by atoms with van der Waals surface area (Å²) in [5.41, 5.74) is 1.95. The number of rotatable bonds is 4. The predicted octanol–water partition coefficient (Wildman–Crippen LogP) is -0.926. The molecule has 0 atom stereocenters. The number of piperazine rings is 1. The molecule has 0 aliphatic carbocycles. The summed E-state index contributed by atoms with van der Waals surface area (Å²) in [5, 5.41) is 0. The molecule has 0 radical (unpaired) electrons. The summed E-state index contributed by atoms with van der Waals surface area (Å²) in [4.78, 5) is 37.8. The van der Waals surface area contributed by atoms with Gasteiger partial charge in [0, 0.05) is 6.54 Å². The molecular weight excluding hydrogens is 264 g/mol. The number of amides is 3. The van der Waals surface area contributed by atoms with E-state index in [0.29, 0.717) is 12.3 Å². The Morgan fingerprint density at radius 1 is 1.30 bits per heavy atom. The number of hydrogen-bond donors (Lipinski definition) is 2. The van der Waals surface area contributed by atoms with Crippen LogP contribution < -0.4 is 11.3 Å². The topological polar surface area (TPSA) is 109 Å². The third-order valence-corrected chi connectivity index (χ3v) is 3.10. The molecule has 1 aromatic heterocycles. The number of nitrogens with zero attached hydrogens (tertiary/aromatic N) is 2. The lowest BCUT2D eigenvalue weighted by Crippen LogP contribution is -2.53. The third kappa shape index (κ3) is 2.80. The molecule has 0 aromatic carbocycles. The van der Waals surface area contributed by atoms with Crippen molar-refractivity contribution in [3.63, 3.8) is 0 Å². The number of furan rings is 1. The Balaban J connectivity index is 2.03. The van der Waals surface area contributed by atoms with Crippen molar-refractivity contribution in [1.29, 1.82) is 0 Å². The second-order valence-corrected chi connectivity index (χ2v) is 4.40. The van der Waals surface area contributed by atoms with E-state index in [2.05, 4.69) is 0 Å². The number of hydrogen-bond acceptors (Lipinski definition) is 5. The molecule has 108 valence electrons. The highest BCUT2D eigenvalue weighted by molar-refractivity contribution is 5.92. The number of nitrogen functional groups attached to an aromatic ring is 1. The highest BCUT2D eigenvalue weighted by Crippen LogP contribution is 2.13. The molecule has 2 rings (SSSR count). The van der Waals surface area contributed by atoms with E-state index in [4.69, 9.17) is 10.3 Å². The molecule has 1 aromatic rings. The van der Waals surface area contributed by atoms with Crippen LogP contribution in [0.5, 0.6) is 0 Å². The van der Waals surface area contributed by atoms with Crippen molar-refractivity contribution in [2.24, 2.45) is 5.84 Å². The Hall–Kier alpha value is -2.35. The van der Waals surface area contributed by atoms with Crippen LogP contribution >= 0.6 is 0 Å². The smallest absolute Gasteiger partial charge is 0.300 e. The van der Waals surface area contributed by atoms with E-state index in [1.54, 1.807) is 6.07 Å². The maximum absolute atomic E-state index is 11.9. The van der Waals surface area contributed by atoms with Gasteiger partial charge in [-0.2, -0.15) is 0 Å². The molecule has 8 heteroatoms. The number of hydrazine groups is 1. The summed E-state index contributed by atoms with van der Waals surface area (Å²) in [5.74, 6) is 4.69. The van der Waals surface area contributed by atoms with E-state index in [9.17, 15) is 14.4 Å². The molecule has 1 saturated heterocycles. The number of nitrogens with one attached hydrogen (secondary N) is 1. The van der Waals surface area contributed by atoms with Gasteiger partial charge in [0.05, 0.1) is 13.1 Å². The fraction of sp³-hybridized carbons (Fsp3) is 0.417. The van der Waals surface area contributed by atoms with Crippen LogP contribution in [0.2, 0.25) is 0 Å². The molecule has 3 amide bonds. The zero-order valence-electron chi connectivity index (χ0n) is 11.1. The van der Waals surface area contributed by atoms with Crippen molar-refractivity contribution >= 4 is 17.7 Å². The van der Waals surface area contributed by atoms with Crippen molar-refractivity contribution in [2.75, 3.05) is 19.6 Å². The molecule has 0 unspecified atom stereocenters. The first kappa shape index (κ1) is 14.1. The minimum Gasteiger partial charge on any atom is -0.454 e. The van der Waals surface area contributed by atoms with Gasteiger partial charge in [-0.15, -0.1) is 0 Å². The van der Waals surface area contributed by atoms with Crippen molar-refractivity contribution in [3.05, 3.63) is 23.7 Å². The minimum absolute atomic E-state index is 0.0196. The minimum atomic E-state index is -0.547. The molecule has 0 spiro atoms. The molecule has 8 nitrogen and oxygen atoms in total. The van der Waals surface area contributed by atoms with E-state index < -0.39 is 5.91 Å². The van der Waals surface area contributed by atoms with Crippen molar-refractivity contribution in [1.82, 2.24) is 15.2 Å². The fourth-order valence-corrected chi connectivity index (χ4v) is 1.98. The maximum atomic E-state index is 11.9. The lowest BCUT2D eigenvalue weighted by Gasteiger charge is -2.32. The van der Waals surface area contributed by atoms with E-state index >= 15 is 0 Å². The first-order valence-electron chi connectivity index (χ1n) is 6.20. The van der Waals surface area contributed by atoms with Crippen LogP contribution in [0.3, 0.4) is 0 Å². The van der Waals surface area contributed by atoms with Gasteiger partial charge < -0.3 is 14.2 Å². The number of carbonyl (C=O) groups is 3. The molecule has 3 N–H and O–H groups in total. The second-order valence-electron chi connectivity index (χ2n) is 4.40. The van der Waals surface area contributed by atoms with E-state index in [1.165, 1.54) is 15.9 Å². The van der Waals surface area contributed by atoms with Crippen molar-refractivity contribution in [2.45, 2.75) is 13.5 Å². The van der Waals surface area contributed by atoms with Crippen LogP contribution in [-0.4, -0.2) is 47.2 Å². The van der Waals surface area contributed by atoms with Crippen LogP contribution in [0.15, 0.2) is 16.5 Å². The zero-order chi connectivity index (χ0) is 14.7. The van der Waals surface area contributed by atoms with E-state index in [0.717, 1.165) is 0 Å². The number of likely N-dealkylation sites (N-methyl/N-ethyl adjacent to an activating group) is 1. The van der Waals surface area contributed by atoms with Gasteiger partial charge in [0.15, 0.2) is 5.76 Å². The highest BCUT2D eigenvalue weighted by Gasteiger charge is 2.29. The molecule has 0 saturated carbocycles. The Morgan fingerprint density at radius 3 is 2.60 bits per heavy atom. The van der Waals surface area contributed by atoms with Crippen LogP contribution in [0.4, 0.5) is 0 Å². The molecule has 2 heterocycles. The zero-order valence-corrected chi connectivity index (χ0v) is 11.1. The maximum Gasteiger partial charge on any atom is 0.300 e. The van der Waals surface area contributed by atoms with Crippen LogP contribution in [0.25, 0.3) is 0 Å².